The van der Waals surface area contributed by atoms with Crippen molar-refractivity contribution in [3.63, 3.8) is 0 Å². The normalized spacial score (nSPS) is 19.1. The summed E-state index contributed by atoms with van der Waals surface area (Å²) in [5, 5.41) is 13.9. The number of anilines is 1. The van der Waals surface area contributed by atoms with E-state index in [4.69, 9.17) is 0 Å². The van der Waals surface area contributed by atoms with E-state index in [1.807, 2.05) is 37.3 Å². The van der Waals surface area contributed by atoms with Crippen molar-refractivity contribution in [2.75, 3.05) is 11.4 Å². The Morgan fingerprint density at radius 1 is 1.17 bits per heavy atom. The number of hydrogen-bond acceptors (Lipinski definition) is 5. The number of fused-ring (bicyclic) bond motifs is 1. The van der Waals surface area contributed by atoms with E-state index >= 15 is 0 Å². The van der Waals surface area contributed by atoms with Gasteiger partial charge in [0, 0.05) is 47.4 Å². The molecule has 2 amide bonds. The van der Waals surface area contributed by atoms with Crippen LogP contribution >= 0.6 is 0 Å². The Labute approximate surface area is 211 Å². The number of aromatic nitrogens is 2. The van der Waals surface area contributed by atoms with E-state index < -0.39 is 12.1 Å². The molecule has 2 fully saturated rings. The van der Waals surface area contributed by atoms with E-state index in [2.05, 4.69) is 21.5 Å². The Morgan fingerprint density at radius 2 is 2.00 bits per heavy atom. The third kappa shape index (κ3) is 4.78. The van der Waals surface area contributed by atoms with E-state index in [0.29, 0.717) is 24.2 Å². The van der Waals surface area contributed by atoms with Crippen LogP contribution in [-0.4, -0.2) is 45.3 Å². The molecule has 3 aromatic rings. The summed E-state index contributed by atoms with van der Waals surface area (Å²) in [5.74, 6) is -0.461. The van der Waals surface area contributed by atoms with Crippen LogP contribution in [0.4, 0.5) is 5.69 Å². The smallest absolute Gasteiger partial charge is 0.251 e. The summed E-state index contributed by atoms with van der Waals surface area (Å²) in [4.78, 5) is 38.9. The van der Waals surface area contributed by atoms with Gasteiger partial charge < -0.3 is 10.3 Å². The first-order valence-corrected chi connectivity index (χ1v) is 12.8. The molecule has 2 aliphatic rings. The molecule has 2 N–H and O–H groups in total. The summed E-state index contributed by atoms with van der Waals surface area (Å²) < 4.78 is 0. The average molecular weight is 485 g/mol. The van der Waals surface area contributed by atoms with Crippen molar-refractivity contribution in [2.45, 2.75) is 70.0 Å². The molecule has 8 heteroatoms. The first-order chi connectivity index (χ1) is 17.5. The van der Waals surface area contributed by atoms with Gasteiger partial charge in [0.2, 0.25) is 5.91 Å². The molecule has 36 heavy (non-hydrogen) atoms. The van der Waals surface area contributed by atoms with E-state index in [1.54, 1.807) is 23.4 Å². The number of nitriles is 1. The lowest BCUT2D eigenvalue weighted by atomic mass is 9.94. The molecule has 186 valence electrons. The van der Waals surface area contributed by atoms with Crippen LogP contribution in [0.25, 0.3) is 10.9 Å². The quantitative estimate of drug-likeness (QED) is 0.507. The molecule has 2 aromatic heterocycles. The molecule has 1 aromatic carbocycles. The maximum absolute atomic E-state index is 14.2. The summed E-state index contributed by atoms with van der Waals surface area (Å²) >= 11 is 0. The van der Waals surface area contributed by atoms with Crippen molar-refractivity contribution in [1.29, 1.82) is 5.26 Å². The molecule has 1 aliphatic carbocycles. The minimum atomic E-state index is -0.900. The molecule has 0 spiro atoms. The SMILES string of the molecule is Cc1cc2ccc(N(C(=O)C3CCCN3C#N)C(C(=O)NC3CCCCC3)c3cccnc3)cc2[nH]1. The molecule has 5 rings (SSSR count). The highest BCUT2D eigenvalue weighted by atomic mass is 16.2. The number of nitrogens with one attached hydrogen (secondary N) is 2. The molecule has 3 heterocycles. The van der Waals surface area contributed by atoms with E-state index in [-0.39, 0.29) is 17.9 Å². The lowest BCUT2D eigenvalue weighted by molar-refractivity contribution is -0.128. The topological polar surface area (TPSA) is 105 Å². The number of aryl methyl sites for hydroxylation is 1. The van der Waals surface area contributed by atoms with Crippen molar-refractivity contribution in [2.24, 2.45) is 0 Å². The van der Waals surface area contributed by atoms with Gasteiger partial charge in [0.1, 0.15) is 12.1 Å². The highest BCUT2D eigenvalue weighted by molar-refractivity contribution is 6.05. The number of amides is 2. The molecular weight excluding hydrogens is 452 g/mol. The Kier molecular flexibility index (Phi) is 6.90. The van der Waals surface area contributed by atoms with Crippen LogP contribution in [0.5, 0.6) is 0 Å². The number of benzene rings is 1. The zero-order valence-electron chi connectivity index (χ0n) is 20.6. The predicted octanol–water partition coefficient (Wildman–Crippen LogP) is 4.34. The lowest BCUT2D eigenvalue weighted by Crippen LogP contribution is -2.51. The third-order valence-electron chi connectivity index (χ3n) is 7.38. The van der Waals surface area contributed by atoms with Gasteiger partial charge in [-0.15, -0.1) is 0 Å². The fraction of sp³-hybridized carbons (Fsp3) is 0.429. The Bertz CT molecular complexity index is 1270. The van der Waals surface area contributed by atoms with Crippen LogP contribution < -0.4 is 10.2 Å². The van der Waals surface area contributed by atoms with Crippen molar-refractivity contribution in [3.05, 3.63) is 60.0 Å². The number of likely N-dealkylation sites (tertiary alicyclic amines) is 1. The first kappa shape index (κ1) is 23.9. The average Bonchev–Trinajstić information content (AvgIpc) is 3.53. The number of H-pyrrole nitrogens is 1. The highest BCUT2D eigenvalue weighted by Gasteiger charge is 2.40. The number of carbonyl (C=O) groups excluding carboxylic acids is 2. The van der Waals surface area contributed by atoms with Crippen LogP contribution in [0.3, 0.4) is 0 Å². The Hall–Kier alpha value is -3.86. The van der Waals surface area contributed by atoms with Crippen molar-refractivity contribution in [3.8, 4) is 6.19 Å². The molecule has 0 radical (unpaired) electrons. The number of nitrogens with zero attached hydrogens (tertiary/aromatic N) is 4. The monoisotopic (exact) mass is 484 g/mol. The standard InChI is InChI=1S/C28H32N6O2/c1-19-15-20-11-12-23(16-24(20)31-19)34(28(36)25-10-6-14-33(25)18-29)26(21-7-5-13-30-17-21)27(35)32-22-8-3-2-4-9-22/h5,7,11-13,15-17,22,25-26,31H,2-4,6,8-10,14H2,1H3,(H,32,35). The van der Waals surface area contributed by atoms with Gasteiger partial charge in [0.15, 0.2) is 6.19 Å². The molecule has 2 atom stereocenters. The van der Waals surface area contributed by atoms with Gasteiger partial charge in [-0.05, 0) is 62.3 Å². The zero-order chi connectivity index (χ0) is 25.1. The summed E-state index contributed by atoms with van der Waals surface area (Å²) in [5.41, 5.74) is 3.17. The molecular formula is C28H32N6O2. The Balaban J connectivity index is 1.60. The fourth-order valence-corrected chi connectivity index (χ4v) is 5.60. The maximum atomic E-state index is 14.2. The molecule has 8 nitrogen and oxygen atoms in total. The largest absolute Gasteiger partial charge is 0.359 e. The van der Waals surface area contributed by atoms with Crippen LogP contribution in [0, 0.1) is 18.4 Å². The Morgan fingerprint density at radius 3 is 2.75 bits per heavy atom. The van der Waals surface area contributed by atoms with E-state index in [1.165, 1.54) is 11.3 Å². The van der Waals surface area contributed by atoms with Crippen LogP contribution in [0.15, 0.2) is 48.8 Å². The van der Waals surface area contributed by atoms with Gasteiger partial charge in [-0.25, -0.2) is 0 Å². The van der Waals surface area contributed by atoms with Gasteiger partial charge in [-0.2, -0.15) is 5.26 Å². The molecule has 1 saturated heterocycles. The van der Waals surface area contributed by atoms with Crippen molar-refractivity contribution >= 4 is 28.4 Å². The highest BCUT2D eigenvalue weighted by Crippen LogP contribution is 2.33. The van der Waals surface area contributed by atoms with Crippen LogP contribution in [0.1, 0.15) is 62.2 Å². The second-order valence-corrected chi connectivity index (χ2v) is 9.92. The fourth-order valence-electron chi connectivity index (χ4n) is 5.60. The summed E-state index contributed by atoms with van der Waals surface area (Å²) in [6.45, 7) is 2.53. The van der Waals surface area contributed by atoms with Gasteiger partial charge in [-0.3, -0.25) is 24.4 Å². The molecule has 1 saturated carbocycles. The van der Waals surface area contributed by atoms with Gasteiger partial charge in [0.05, 0.1) is 0 Å². The number of carbonyl (C=O) groups is 2. The lowest BCUT2D eigenvalue weighted by Gasteiger charge is -2.35. The molecule has 2 unspecified atom stereocenters. The molecule has 0 bridgehead atoms. The summed E-state index contributed by atoms with van der Waals surface area (Å²) in [7, 11) is 0. The van der Waals surface area contributed by atoms with Gasteiger partial charge >= 0.3 is 0 Å². The maximum Gasteiger partial charge on any atom is 0.251 e. The van der Waals surface area contributed by atoms with Gasteiger partial charge in [0.25, 0.3) is 5.91 Å². The summed E-state index contributed by atoms with van der Waals surface area (Å²) in [6, 6.07) is 10.0. The van der Waals surface area contributed by atoms with Crippen LogP contribution in [0.2, 0.25) is 0 Å². The van der Waals surface area contributed by atoms with E-state index in [9.17, 15) is 14.9 Å². The predicted molar refractivity (Wildman–Crippen MR) is 138 cm³/mol. The second kappa shape index (κ2) is 10.4. The molecule has 1 aliphatic heterocycles. The minimum Gasteiger partial charge on any atom is -0.359 e. The minimum absolute atomic E-state index is 0.0954. The zero-order valence-corrected chi connectivity index (χ0v) is 20.6. The van der Waals surface area contributed by atoms with Crippen molar-refractivity contribution < 1.29 is 9.59 Å². The van der Waals surface area contributed by atoms with Gasteiger partial charge in [-0.1, -0.05) is 31.4 Å². The van der Waals surface area contributed by atoms with Crippen LogP contribution in [-0.2, 0) is 9.59 Å². The van der Waals surface area contributed by atoms with E-state index in [0.717, 1.165) is 48.7 Å². The van der Waals surface area contributed by atoms with Crippen molar-refractivity contribution in [1.82, 2.24) is 20.2 Å². The second-order valence-electron chi connectivity index (χ2n) is 9.92. The number of pyridine rings is 1. The number of aromatic amines is 1. The third-order valence-corrected chi connectivity index (χ3v) is 7.38. The first-order valence-electron chi connectivity index (χ1n) is 12.8. The number of rotatable bonds is 6. The number of hydrogen-bond donors (Lipinski definition) is 2. The summed E-state index contributed by atoms with van der Waals surface area (Å²) in [6.07, 6.45) is 12.1.